The standard InChI is InChI=1S/C13H24N4O2/c1-9-10(6-14-2)13(16(3)15-9)17-7-11(18-4)12(8-17)19-5/h11-12,14H,6-8H2,1-5H3. The van der Waals surface area contributed by atoms with Crippen LogP contribution in [-0.2, 0) is 23.1 Å². The topological polar surface area (TPSA) is 51.6 Å². The Morgan fingerprint density at radius 3 is 2.32 bits per heavy atom. The van der Waals surface area contributed by atoms with Crippen LogP contribution in [0.15, 0.2) is 0 Å². The summed E-state index contributed by atoms with van der Waals surface area (Å²) < 4.78 is 13.0. The van der Waals surface area contributed by atoms with Gasteiger partial charge in [0.05, 0.1) is 5.69 Å². The molecule has 2 unspecified atom stereocenters. The average Bonchev–Trinajstić information content (AvgIpc) is 2.91. The zero-order valence-corrected chi connectivity index (χ0v) is 12.4. The van der Waals surface area contributed by atoms with Crippen molar-refractivity contribution in [2.45, 2.75) is 25.7 Å². The van der Waals surface area contributed by atoms with Crippen LogP contribution in [0.4, 0.5) is 5.82 Å². The molecule has 1 N–H and O–H groups in total. The Balaban J connectivity index is 2.27. The number of methoxy groups -OCH3 is 2. The third kappa shape index (κ3) is 2.61. The molecule has 2 rings (SSSR count). The first kappa shape index (κ1) is 14.3. The summed E-state index contributed by atoms with van der Waals surface area (Å²) in [6, 6.07) is 0. The minimum absolute atomic E-state index is 0.114. The van der Waals surface area contributed by atoms with Gasteiger partial charge in [-0.05, 0) is 14.0 Å². The van der Waals surface area contributed by atoms with E-state index in [1.165, 1.54) is 5.56 Å². The summed E-state index contributed by atoms with van der Waals surface area (Å²) in [5.41, 5.74) is 2.32. The van der Waals surface area contributed by atoms with E-state index in [1.807, 2.05) is 25.7 Å². The van der Waals surface area contributed by atoms with Gasteiger partial charge in [-0.2, -0.15) is 5.10 Å². The number of rotatable bonds is 5. The zero-order chi connectivity index (χ0) is 14.0. The number of aromatic nitrogens is 2. The summed E-state index contributed by atoms with van der Waals surface area (Å²) in [7, 11) is 7.42. The third-order valence-electron chi connectivity index (χ3n) is 3.79. The Kier molecular flexibility index (Phi) is 4.44. The Morgan fingerprint density at radius 1 is 1.26 bits per heavy atom. The van der Waals surface area contributed by atoms with Crippen LogP contribution in [0.5, 0.6) is 0 Å². The first-order chi connectivity index (χ1) is 9.12. The summed E-state index contributed by atoms with van der Waals surface area (Å²) in [5, 5.41) is 7.74. The molecule has 0 amide bonds. The molecule has 0 aliphatic carbocycles. The fourth-order valence-electron chi connectivity index (χ4n) is 2.84. The van der Waals surface area contributed by atoms with E-state index in [1.54, 1.807) is 14.2 Å². The number of nitrogens with zero attached hydrogens (tertiary/aromatic N) is 3. The number of anilines is 1. The fourth-order valence-corrected chi connectivity index (χ4v) is 2.84. The van der Waals surface area contributed by atoms with Gasteiger partial charge in [-0.25, -0.2) is 0 Å². The minimum atomic E-state index is 0.114. The van der Waals surface area contributed by atoms with Crippen LogP contribution in [0.2, 0.25) is 0 Å². The summed E-state index contributed by atoms with van der Waals surface area (Å²) in [6.07, 6.45) is 0.227. The fraction of sp³-hybridized carbons (Fsp3) is 0.769. The van der Waals surface area contributed by atoms with Gasteiger partial charge in [-0.15, -0.1) is 0 Å². The second-order valence-electron chi connectivity index (χ2n) is 4.99. The maximum Gasteiger partial charge on any atom is 0.131 e. The molecule has 1 saturated heterocycles. The predicted octanol–water partition coefficient (Wildman–Crippen LogP) is 0.298. The molecule has 6 heteroatoms. The van der Waals surface area contributed by atoms with Crippen molar-refractivity contribution in [2.24, 2.45) is 7.05 Å². The van der Waals surface area contributed by atoms with Crippen molar-refractivity contribution in [3.05, 3.63) is 11.3 Å². The molecule has 108 valence electrons. The van der Waals surface area contributed by atoms with Crippen molar-refractivity contribution in [3.63, 3.8) is 0 Å². The van der Waals surface area contributed by atoms with Gasteiger partial charge in [0, 0.05) is 46.5 Å². The van der Waals surface area contributed by atoms with Gasteiger partial charge in [-0.1, -0.05) is 0 Å². The molecule has 1 fully saturated rings. The predicted molar refractivity (Wildman–Crippen MR) is 74.5 cm³/mol. The normalized spacial score (nSPS) is 23.3. The number of hydrogen-bond donors (Lipinski definition) is 1. The highest BCUT2D eigenvalue weighted by Gasteiger charge is 2.35. The molecule has 2 atom stereocenters. The number of hydrogen-bond acceptors (Lipinski definition) is 5. The molecule has 1 aromatic heterocycles. The first-order valence-electron chi connectivity index (χ1n) is 6.60. The number of ether oxygens (including phenoxy) is 2. The molecule has 0 saturated carbocycles. The lowest BCUT2D eigenvalue weighted by molar-refractivity contribution is -0.00461. The van der Waals surface area contributed by atoms with Gasteiger partial charge in [0.2, 0.25) is 0 Å². The molecule has 1 aliphatic rings. The van der Waals surface area contributed by atoms with Crippen LogP contribution in [0.1, 0.15) is 11.3 Å². The Hall–Kier alpha value is -1.11. The SMILES string of the molecule is CNCc1c(C)nn(C)c1N1CC(OC)C(OC)C1. The summed E-state index contributed by atoms with van der Waals surface area (Å²) in [5.74, 6) is 1.16. The number of nitrogens with one attached hydrogen (secondary N) is 1. The second kappa shape index (κ2) is 5.90. The lowest BCUT2D eigenvalue weighted by Crippen LogP contribution is -2.27. The van der Waals surface area contributed by atoms with Crippen molar-refractivity contribution in [1.82, 2.24) is 15.1 Å². The van der Waals surface area contributed by atoms with Crippen molar-refractivity contribution in [2.75, 3.05) is 39.3 Å². The van der Waals surface area contributed by atoms with E-state index in [2.05, 4.69) is 15.3 Å². The van der Waals surface area contributed by atoms with E-state index in [-0.39, 0.29) is 12.2 Å². The second-order valence-corrected chi connectivity index (χ2v) is 4.99. The van der Waals surface area contributed by atoms with Crippen molar-refractivity contribution >= 4 is 5.82 Å². The minimum Gasteiger partial charge on any atom is -0.377 e. The van der Waals surface area contributed by atoms with Crippen molar-refractivity contribution in [1.29, 1.82) is 0 Å². The average molecular weight is 268 g/mol. The van der Waals surface area contributed by atoms with Gasteiger partial charge in [0.25, 0.3) is 0 Å². The van der Waals surface area contributed by atoms with Crippen molar-refractivity contribution < 1.29 is 9.47 Å². The molecular weight excluding hydrogens is 244 g/mol. The lowest BCUT2D eigenvalue weighted by Gasteiger charge is -2.20. The van der Waals surface area contributed by atoms with Crippen molar-refractivity contribution in [3.8, 4) is 0 Å². The highest BCUT2D eigenvalue weighted by atomic mass is 16.5. The highest BCUT2D eigenvalue weighted by molar-refractivity contribution is 5.51. The molecule has 19 heavy (non-hydrogen) atoms. The van der Waals surface area contributed by atoms with Crippen LogP contribution in [0.25, 0.3) is 0 Å². The Labute approximate surface area is 114 Å². The molecule has 2 heterocycles. The van der Waals surface area contributed by atoms with Gasteiger partial charge < -0.3 is 19.7 Å². The molecule has 0 radical (unpaired) electrons. The maximum atomic E-state index is 5.50. The Morgan fingerprint density at radius 2 is 1.84 bits per heavy atom. The van der Waals surface area contributed by atoms with E-state index < -0.39 is 0 Å². The smallest absolute Gasteiger partial charge is 0.131 e. The molecule has 6 nitrogen and oxygen atoms in total. The largest absolute Gasteiger partial charge is 0.377 e. The van der Waals surface area contributed by atoms with E-state index in [9.17, 15) is 0 Å². The van der Waals surface area contributed by atoms with Gasteiger partial charge in [0.1, 0.15) is 18.0 Å². The molecule has 0 aromatic carbocycles. The molecule has 0 bridgehead atoms. The van der Waals surface area contributed by atoms with Crippen LogP contribution in [-0.4, -0.2) is 56.3 Å². The summed E-state index contributed by atoms with van der Waals surface area (Å²) in [4.78, 5) is 2.30. The van der Waals surface area contributed by atoms with Gasteiger partial charge in [-0.3, -0.25) is 4.68 Å². The van der Waals surface area contributed by atoms with Gasteiger partial charge >= 0.3 is 0 Å². The molecule has 0 spiro atoms. The highest BCUT2D eigenvalue weighted by Crippen LogP contribution is 2.28. The van der Waals surface area contributed by atoms with E-state index >= 15 is 0 Å². The maximum absolute atomic E-state index is 5.50. The third-order valence-corrected chi connectivity index (χ3v) is 3.79. The van der Waals surface area contributed by atoms with E-state index in [4.69, 9.17) is 9.47 Å². The summed E-state index contributed by atoms with van der Waals surface area (Å²) >= 11 is 0. The molecular formula is C13H24N4O2. The van der Waals surface area contributed by atoms with Crippen LogP contribution in [0.3, 0.4) is 0 Å². The number of aryl methyl sites for hydroxylation is 2. The van der Waals surface area contributed by atoms with Crippen LogP contribution < -0.4 is 10.2 Å². The zero-order valence-electron chi connectivity index (χ0n) is 12.4. The van der Waals surface area contributed by atoms with Crippen LogP contribution in [0, 0.1) is 6.92 Å². The van der Waals surface area contributed by atoms with Crippen LogP contribution >= 0.6 is 0 Å². The Bertz CT molecular complexity index is 421. The van der Waals surface area contributed by atoms with E-state index in [0.717, 1.165) is 31.1 Å². The van der Waals surface area contributed by atoms with E-state index in [0.29, 0.717) is 0 Å². The van der Waals surface area contributed by atoms with Gasteiger partial charge in [0.15, 0.2) is 0 Å². The lowest BCUT2D eigenvalue weighted by atomic mass is 10.2. The monoisotopic (exact) mass is 268 g/mol. The molecule has 1 aromatic rings. The summed E-state index contributed by atoms with van der Waals surface area (Å²) in [6.45, 7) is 4.55. The quantitative estimate of drug-likeness (QED) is 0.832. The molecule has 1 aliphatic heterocycles. The first-order valence-corrected chi connectivity index (χ1v) is 6.60.